The van der Waals surface area contributed by atoms with Gasteiger partial charge in [-0.1, -0.05) is 5.16 Å². The first kappa shape index (κ1) is 11.8. The van der Waals surface area contributed by atoms with Crippen molar-refractivity contribution in [1.82, 2.24) is 15.1 Å². The molecule has 1 unspecified atom stereocenters. The number of aromatic nitrogens is 3. The van der Waals surface area contributed by atoms with Gasteiger partial charge in [0.05, 0.1) is 5.56 Å². The molecule has 1 aliphatic heterocycles. The molecule has 3 heterocycles. The topological polar surface area (TPSA) is 84.8 Å². The van der Waals surface area contributed by atoms with E-state index in [1.807, 2.05) is 6.07 Å². The van der Waals surface area contributed by atoms with E-state index in [1.165, 1.54) is 6.20 Å². The van der Waals surface area contributed by atoms with Crippen LogP contribution in [0.25, 0.3) is 11.6 Å². The Balaban J connectivity index is 1.74. The first-order valence-corrected chi connectivity index (χ1v) is 6.12. The highest BCUT2D eigenvalue weighted by Gasteiger charge is 2.19. The zero-order valence-electron chi connectivity index (χ0n) is 10.2. The summed E-state index contributed by atoms with van der Waals surface area (Å²) in [6.07, 6.45) is 3.29. The largest absolute Gasteiger partial charge is 0.381 e. The van der Waals surface area contributed by atoms with Crippen LogP contribution in [0.2, 0.25) is 0 Å². The molecule has 0 aromatic carbocycles. The number of pyridine rings is 1. The van der Waals surface area contributed by atoms with E-state index in [-0.39, 0.29) is 0 Å². The van der Waals surface area contributed by atoms with Crippen LogP contribution in [0.5, 0.6) is 0 Å². The van der Waals surface area contributed by atoms with Crippen LogP contribution in [0, 0.1) is 17.2 Å². The molecule has 0 saturated carbocycles. The van der Waals surface area contributed by atoms with Crippen LogP contribution in [0.3, 0.4) is 0 Å². The van der Waals surface area contributed by atoms with Gasteiger partial charge < -0.3 is 9.26 Å². The molecule has 0 amide bonds. The zero-order chi connectivity index (χ0) is 13.1. The molecule has 19 heavy (non-hydrogen) atoms. The Morgan fingerprint density at radius 2 is 2.37 bits per heavy atom. The first-order chi connectivity index (χ1) is 9.35. The Hall–Kier alpha value is -2.26. The summed E-state index contributed by atoms with van der Waals surface area (Å²) in [4.78, 5) is 8.44. The summed E-state index contributed by atoms with van der Waals surface area (Å²) in [5, 5.41) is 12.7. The lowest BCUT2D eigenvalue weighted by atomic mass is 10.1. The average molecular weight is 256 g/mol. The van der Waals surface area contributed by atoms with Crippen molar-refractivity contribution in [2.24, 2.45) is 5.92 Å². The van der Waals surface area contributed by atoms with Gasteiger partial charge in [-0.05, 0) is 24.5 Å². The van der Waals surface area contributed by atoms with Crippen LogP contribution in [-0.2, 0) is 11.2 Å². The number of rotatable bonds is 3. The zero-order valence-corrected chi connectivity index (χ0v) is 10.2. The molecule has 6 heteroatoms. The van der Waals surface area contributed by atoms with Crippen molar-refractivity contribution in [1.29, 1.82) is 5.26 Å². The number of ether oxygens (including phenoxy) is 1. The highest BCUT2D eigenvalue weighted by atomic mass is 16.5. The van der Waals surface area contributed by atoms with Crippen LogP contribution in [-0.4, -0.2) is 28.3 Å². The predicted molar refractivity (Wildman–Crippen MR) is 64.9 cm³/mol. The number of nitriles is 1. The summed E-state index contributed by atoms with van der Waals surface area (Å²) >= 11 is 0. The van der Waals surface area contributed by atoms with Gasteiger partial charge in [-0.25, -0.2) is 4.98 Å². The molecule has 0 radical (unpaired) electrons. The summed E-state index contributed by atoms with van der Waals surface area (Å²) in [5.41, 5.74) is 1.09. The van der Waals surface area contributed by atoms with E-state index in [1.54, 1.807) is 12.1 Å². The number of hydrogen-bond acceptors (Lipinski definition) is 6. The van der Waals surface area contributed by atoms with Gasteiger partial charge in [0, 0.05) is 25.8 Å². The van der Waals surface area contributed by atoms with Crippen molar-refractivity contribution in [3.8, 4) is 17.7 Å². The van der Waals surface area contributed by atoms with Gasteiger partial charge in [-0.15, -0.1) is 0 Å². The smallest absolute Gasteiger partial charge is 0.276 e. The Morgan fingerprint density at radius 1 is 1.42 bits per heavy atom. The predicted octanol–water partition coefficient (Wildman–Crippen LogP) is 1.58. The molecular formula is C13H12N4O2. The lowest BCUT2D eigenvalue weighted by molar-refractivity contribution is 0.185. The third kappa shape index (κ3) is 2.61. The summed E-state index contributed by atoms with van der Waals surface area (Å²) in [6, 6.07) is 5.40. The standard InChI is InChI=1S/C13H12N4O2/c14-6-10-1-2-11(15-7-10)13-16-12(17-19-13)5-9-3-4-18-8-9/h1-2,7,9H,3-5,8H2. The summed E-state index contributed by atoms with van der Waals surface area (Å²) in [5.74, 6) is 1.54. The Labute approximate surface area is 110 Å². The normalized spacial score (nSPS) is 18.4. The maximum absolute atomic E-state index is 8.71. The van der Waals surface area contributed by atoms with E-state index in [9.17, 15) is 0 Å². The lowest BCUT2D eigenvalue weighted by Gasteiger charge is -2.00. The van der Waals surface area contributed by atoms with E-state index in [0.717, 1.165) is 26.1 Å². The Kier molecular flexibility index (Phi) is 3.21. The summed E-state index contributed by atoms with van der Waals surface area (Å²) in [6.45, 7) is 1.57. The van der Waals surface area contributed by atoms with E-state index < -0.39 is 0 Å². The molecule has 96 valence electrons. The second-order valence-corrected chi connectivity index (χ2v) is 4.49. The van der Waals surface area contributed by atoms with Crippen LogP contribution in [0.1, 0.15) is 17.8 Å². The van der Waals surface area contributed by atoms with Crippen molar-refractivity contribution >= 4 is 0 Å². The van der Waals surface area contributed by atoms with Crippen molar-refractivity contribution in [2.45, 2.75) is 12.8 Å². The molecule has 0 N–H and O–H groups in total. The van der Waals surface area contributed by atoms with E-state index in [0.29, 0.717) is 28.9 Å². The van der Waals surface area contributed by atoms with Crippen molar-refractivity contribution in [3.63, 3.8) is 0 Å². The van der Waals surface area contributed by atoms with Gasteiger partial charge in [0.1, 0.15) is 11.8 Å². The minimum atomic E-state index is 0.387. The van der Waals surface area contributed by atoms with Gasteiger partial charge in [-0.2, -0.15) is 10.2 Å². The molecule has 0 aliphatic carbocycles. The Bertz CT molecular complexity index is 594. The van der Waals surface area contributed by atoms with Gasteiger partial charge in [0.15, 0.2) is 5.82 Å². The molecule has 1 saturated heterocycles. The van der Waals surface area contributed by atoms with Crippen LogP contribution < -0.4 is 0 Å². The molecule has 1 aliphatic rings. The fraction of sp³-hybridized carbons (Fsp3) is 0.385. The second-order valence-electron chi connectivity index (χ2n) is 4.49. The molecule has 1 fully saturated rings. The minimum Gasteiger partial charge on any atom is -0.381 e. The van der Waals surface area contributed by atoms with Crippen LogP contribution >= 0.6 is 0 Å². The van der Waals surface area contributed by atoms with Crippen LogP contribution in [0.4, 0.5) is 0 Å². The van der Waals surface area contributed by atoms with Crippen LogP contribution in [0.15, 0.2) is 22.9 Å². The molecular weight excluding hydrogens is 244 g/mol. The maximum Gasteiger partial charge on any atom is 0.276 e. The van der Waals surface area contributed by atoms with Crippen molar-refractivity contribution < 1.29 is 9.26 Å². The van der Waals surface area contributed by atoms with Crippen molar-refractivity contribution in [2.75, 3.05) is 13.2 Å². The molecule has 6 nitrogen and oxygen atoms in total. The van der Waals surface area contributed by atoms with Gasteiger partial charge in [0.25, 0.3) is 5.89 Å². The van der Waals surface area contributed by atoms with Gasteiger partial charge in [0.2, 0.25) is 0 Å². The molecule has 2 aromatic heterocycles. The summed E-state index contributed by atoms with van der Waals surface area (Å²) in [7, 11) is 0. The molecule has 0 spiro atoms. The number of hydrogen-bond donors (Lipinski definition) is 0. The minimum absolute atomic E-state index is 0.387. The van der Waals surface area contributed by atoms with E-state index in [4.69, 9.17) is 14.5 Å². The van der Waals surface area contributed by atoms with Gasteiger partial charge in [-0.3, -0.25) is 0 Å². The quantitative estimate of drug-likeness (QED) is 0.828. The highest BCUT2D eigenvalue weighted by molar-refractivity contribution is 5.47. The summed E-state index contributed by atoms with van der Waals surface area (Å²) < 4.78 is 10.5. The first-order valence-electron chi connectivity index (χ1n) is 6.12. The van der Waals surface area contributed by atoms with Gasteiger partial charge >= 0.3 is 0 Å². The van der Waals surface area contributed by atoms with E-state index >= 15 is 0 Å². The average Bonchev–Trinajstić information content (AvgIpc) is 3.11. The van der Waals surface area contributed by atoms with Crippen molar-refractivity contribution in [3.05, 3.63) is 29.7 Å². The molecule has 2 aromatic rings. The molecule has 0 bridgehead atoms. The fourth-order valence-corrected chi connectivity index (χ4v) is 2.03. The molecule has 1 atom stereocenters. The third-order valence-corrected chi connectivity index (χ3v) is 3.08. The molecule has 3 rings (SSSR count). The van der Waals surface area contributed by atoms with E-state index in [2.05, 4.69) is 15.1 Å². The fourth-order valence-electron chi connectivity index (χ4n) is 2.03. The second kappa shape index (κ2) is 5.16. The monoisotopic (exact) mass is 256 g/mol. The Morgan fingerprint density at radius 3 is 3.05 bits per heavy atom. The maximum atomic E-state index is 8.71. The number of nitrogens with zero attached hydrogens (tertiary/aromatic N) is 4. The SMILES string of the molecule is N#Cc1ccc(-c2nc(CC3CCOC3)no2)nc1. The lowest BCUT2D eigenvalue weighted by Crippen LogP contribution is -2.04. The third-order valence-electron chi connectivity index (χ3n) is 3.08. The highest BCUT2D eigenvalue weighted by Crippen LogP contribution is 2.19.